The number of hydrogen-bond donors (Lipinski definition) is 0. The predicted molar refractivity (Wildman–Crippen MR) is 65.1 cm³/mol. The van der Waals surface area contributed by atoms with Gasteiger partial charge in [-0.05, 0) is 5.92 Å². The van der Waals surface area contributed by atoms with Gasteiger partial charge in [-0.1, -0.05) is 25.4 Å². The third-order valence-electron chi connectivity index (χ3n) is 2.47. The van der Waals surface area contributed by atoms with E-state index in [4.69, 9.17) is 16.3 Å². The second-order valence-corrected chi connectivity index (χ2v) is 4.39. The molecule has 0 bridgehead atoms. The molecule has 0 saturated heterocycles. The maximum absolute atomic E-state index is 13.5. The van der Waals surface area contributed by atoms with E-state index < -0.39 is 5.82 Å². The molecule has 0 fully saturated rings. The van der Waals surface area contributed by atoms with Crippen LogP contribution in [-0.4, -0.2) is 17.1 Å². The molecule has 3 nitrogen and oxygen atoms in total. The fourth-order valence-corrected chi connectivity index (χ4v) is 1.93. The van der Waals surface area contributed by atoms with Crippen LogP contribution in [0.2, 0.25) is 5.15 Å². The van der Waals surface area contributed by atoms with Gasteiger partial charge in [0.25, 0.3) is 0 Å². The molecule has 0 atom stereocenters. The third-order valence-corrected chi connectivity index (χ3v) is 2.74. The maximum Gasteiger partial charge on any atom is 0.167 e. The highest BCUT2D eigenvalue weighted by Crippen LogP contribution is 2.27. The van der Waals surface area contributed by atoms with Crippen LogP contribution in [0, 0.1) is 5.82 Å². The normalized spacial score (nSPS) is 11.2. The largest absolute Gasteiger partial charge is 0.494 e. The van der Waals surface area contributed by atoms with Gasteiger partial charge in [-0.15, -0.1) is 0 Å². The number of halogens is 2. The first-order chi connectivity index (χ1) is 8.02. The van der Waals surface area contributed by atoms with Crippen LogP contribution >= 0.6 is 11.6 Å². The molecule has 1 aromatic heterocycles. The summed E-state index contributed by atoms with van der Waals surface area (Å²) in [6.45, 7) is 3.92. The lowest BCUT2D eigenvalue weighted by Crippen LogP contribution is -1.99. The summed E-state index contributed by atoms with van der Waals surface area (Å²) in [5.41, 5.74) is 1.68. The third kappa shape index (κ3) is 2.17. The first kappa shape index (κ1) is 12.0. The van der Waals surface area contributed by atoms with Gasteiger partial charge in [0.1, 0.15) is 0 Å². The van der Waals surface area contributed by atoms with Gasteiger partial charge in [0.05, 0.1) is 23.8 Å². The van der Waals surface area contributed by atoms with Crippen LogP contribution < -0.4 is 4.74 Å². The molecule has 5 heteroatoms. The summed E-state index contributed by atoms with van der Waals surface area (Å²) in [6.07, 6.45) is 0. The Morgan fingerprint density at radius 2 is 1.88 bits per heavy atom. The minimum Gasteiger partial charge on any atom is -0.494 e. The van der Waals surface area contributed by atoms with Gasteiger partial charge in [0, 0.05) is 12.1 Å². The summed E-state index contributed by atoms with van der Waals surface area (Å²) >= 11 is 6.03. The van der Waals surface area contributed by atoms with Crippen LogP contribution in [0.3, 0.4) is 0 Å². The lowest BCUT2D eigenvalue weighted by molar-refractivity contribution is 0.387. The number of ether oxygens (including phenoxy) is 1. The van der Waals surface area contributed by atoms with Crippen molar-refractivity contribution in [1.29, 1.82) is 0 Å². The molecular weight excluding hydrogens is 243 g/mol. The highest BCUT2D eigenvalue weighted by Gasteiger charge is 2.13. The smallest absolute Gasteiger partial charge is 0.167 e. The van der Waals surface area contributed by atoms with E-state index in [1.165, 1.54) is 19.2 Å². The molecule has 90 valence electrons. The molecule has 0 aliphatic heterocycles. The van der Waals surface area contributed by atoms with Crippen LogP contribution in [0.5, 0.6) is 5.75 Å². The molecule has 0 spiro atoms. The van der Waals surface area contributed by atoms with E-state index in [9.17, 15) is 4.39 Å². The molecule has 2 rings (SSSR count). The zero-order chi connectivity index (χ0) is 12.6. The van der Waals surface area contributed by atoms with Gasteiger partial charge in [-0.25, -0.2) is 14.4 Å². The Kier molecular flexibility index (Phi) is 3.15. The summed E-state index contributed by atoms with van der Waals surface area (Å²) in [7, 11) is 1.40. The average Bonchev–Trinajstić information content (AvgIpc) is 2.27. The summed E-state index contributed by atoms with van der Waals surface area (Å²) in [5, 5.41) is 0.348. The molecule has 17 heavy (non-hydrogen) atoms. The van der Waals surface area contributed by atoms with Crippen molar-refractivity contribution >= 4 is 22.6 Å². The Bertz CT molecular complexity index is 572. The van der Waals surface area contributed by atoms with Crippen molar-refractivity contribution in [3.8, 4) is 5.75 Å². The molecule has 0 saturated carbocycles. The molecule has 0 aliphatic rings. The second kappa shape index (κ2) is 4.45. The number of nitrogens with zero attached hydrogens (tertiary/aromatic N) is 2. The summed E-state index contributed by atoms with van der Waals surface area (Å²) < 4.78 is 18.4. The molecule has 1 aromatic carbocycles. The van der Waals surface area contributed by atoms with Gasteiger partial charge in [-0.2, -0.15) is 0 Å². The standard InChI is InChI=1S/C12H12ClFN2O/c1-6(2)11-12(13)16-9-5-10(17-3)7(14)4-8(9)15-11/h4-6H,1-3H3. The first-order valence-electron chi connectivity index (χ1n) is 5.23. The fraction of sp³-hybridized carbons (Fsp3) is 0.333. The number of hydrogen-bond acceptors (Lipinski definition) is 3. The van der Waals surface area contributed by atoms with E-state index in [-0.39, 0.29) is 11.7 Å². The monoisotopic (exact) mass is 254 g/mol. The summed E-state index contributed by atoms with van der Waals surface area (Å²) in [6, 6.07) is 2.80. The molecule has 0 aliphatic carbocycles. The van der Waals surface area contributed by atoms with E-state index in [0.29, 0.717) is 21.9 Å². The molecule has 1 heterocycles. The molecule has 0 unspecified atom stereocenters. The number of methoxy groups -OCH3 is 1. The van der Waals surface area contributed by atoms with Crippen LogP contribution in [0.4, 0.5) is 4.39 Å². The minimum absolute atomic E-state index is 0.139. The Morgan fingerprint density at radius 3 is 2.47 bits per heavy atom. The van der Waals surface area contributed by atoms with Crippen LogP contribution in [-0.2, 0) is 0 Å². The van der Waals surface area contributed by atoms with Gasteiger partial charge < -0.3 is 4.74 Å². The molecule has 0 amide bonds. The number of benzene rings is 1. The lowest BCUT2D eigenvalue weighted by atomic mass is 10.1. The zero-order valence-corrected chi connectivity index (χ0v) is 10.5. The van der Waals surface area contributed by atoms with Gasteiger partial charge in [-0.3, -0.25) is 0 Å². The minimum atomic E-state index is -0.452. The average molecular weight is 255 g/mol. The van der Waals surface area contributed by atoms with E-state index in [1.54, 1.807) is 0 Å². The van der Waals surface area contributed by atoms with Crippen molar-refractivity contribution in [3.63, 3.8) is 0 Å². The Morgan fingerprint density at radius 1 is 1.24 bits per heavy atom. The van der Waals surface area contributed by atoms with E-state index in [0.717, 1.165) is 0 Å². The summed E-state index contributed by atoms with van der Waals surface area (Å²) in [5.74, 6) is -0.170. The Hall–Kier alpha value is -1.42. The van der Waals surface area contributed by atoms with Crippen LogP contribution in [0.25, 0.3) is 11.0 Å². The molecular formula is C12H12ClFN2O. The Labute approximate surface area is 104 Å². The van der Waals surface area contributed by atoms with E-state index in [1.807, 2.05) is 13.8 Å². The fourth-order valence-electron chi connectivity index (χ4n) is 1.57. The second-order valence-electron chi connectivity index (χ2n) is 4.03. The van der Waals surface area contributed by atoms with Crippen molar-refractivity contribution in [2.24, 2.45) is 0 Å². The van der Waals surface area contributed by atoms with Gasteiger partial charge in [0.2, 0.25) is 0 Å². The Balaban J connectivity index is 2.70. The van der Waals surface area contributed by atoms with Crippen molar-refractivity contribution in [3.05, 3.63) is 28.8 Å². The number of aromatic nitrogens is 2. The van der Waals surface area contributed by atoms with Crippen LogP contribution in [0.1, 0.15) is 25.5 Å². The van der Waals surface area contributed by atoms with Crippen molar-refractivity contribution in [2.45, 2.75) is 19.8 Å². The lowest BCUT2D eigenvalue weighted by Gasteiger charge is -2.09. The molecule has 0 radical (unpaired) electrons. The predicted octanol–water partition coefficient (Wildman–Crippen LogP) is 3.55. The molecule has 2 aromatic rings. The van der Waals surface area contributed by atoms with Crippen molar-refractivity contribution in [1.82, 2.24) is 9.97 Å². The zero-order valence-electron chi connectivity index (χ0n) is 9.79. The SMILES string of the molecule is COc1cc2nc(Cl)c(C(C)C)nc2cc1F. The maximum atomic E-state index is 13.5. The van der Waals surface area contributed by atoms with Gasteiger partial charge >= 0.3 is 0 Å². The number of rotatable bonds is 2. The van der Waals surface area contributed by atoms with Crippen LogP contribution in [0.15, 0.2) is 12.1 Å². The van der Waals surface area contributed by atoms with Crippen molar-refractivity contribution < 1.29 is 9.13 Å². The van der Waals surface area contributed by atoms with Crippen molar-refractivity contribution in [2.75, 3.05) is 7.11 Å². The van der Waals surface area contributed by atoms with Gasteiger partial charge in [0.15, 0.2) is 16.7 Å². The quantitative estimate of drug-likeness (QED) is 0.822. The first-order valence-corrected chi connectivity index (χ1v) is 5.61. The summed E-state index contributed by atoms with van der Waals surface area (Å²) in [4.78, 5) is 8.52. The number of fused-ring (bicyclic) bond motifs is 1. The highest BCUT2D eigenvalue weighted by molar-refractivity contribution is 6.30. The molecule has 0 N–H and O–H groups in total. The highest BCUT2D eigenvalue weighted by atomic mass is 35.5. The topological polar surface area (TPSA) is 35.0 Å². The van der Waals surface area contributed by atoms with E-state index in [2.05, 4.69) is 9.97 Å². The van der Waals surface area contributed by atoms with E-state index >= 15 is 0 Å².